The van der Waals surface area contributed by atoms with E-state index in [2.05, 4.69) is 17.3 Å². The van der Waals surface area contributed by atoms with Crippen molar-refractivity contribution in [1.29, 1.82) is 0 Å². The van der Waals surface area contributed by atoms with Crippen molar-refractivity contribution < 1.29 is 4.74 Å². The molecule has 0 aliphatic carbocycles. The van der Waals surface area contributed by atoms with Crippen LogP contribution < -0.4 is 5.32 Å². The molecule has 2 aliphatic heterocycles. The molecule has 0 amide bonds. The Bertz CT molecular complexity index is 214. The van der Waals surface area contributed by atoms with E-state index in [9.17, 15) is 0 Å². The molecule has 2 fully saturated rings. The molecule has 1 atom stereocenters. The molecule has 2 saturated heterocycles. The van der Waals surface area contributed by atoms with Crippen molar-refractivity contribution in [2.24, 2.45) is 0 Å². The first-order chi connectivity index (χ1) is 7.76. The number of methoxy groups -OCH3 is 1. The minimum atomic E-state index is 0.175. The van der Waals surface area contributed by atoms with Gasteiger partial charge in [-0.05, 0) is 65.2 Å². The molecule has 2 aliphatic rings. The summed E-state index contributed by atoms with van der Waals surface area (Å²) in [4.78, 5) is 2.52. The molecule has 1 unspecified atom stereocenters. The zero-order valence-corrected chi connectivity index (χ0v) is 10.8. The molecule has 0 aromatic carbocycles. The molecular weight excluding hydrogens is 200 g/mol. The number of hydrogen-bond acceptors (Lipinski definition) is 3. The van der Waals surface area contributed by atoms with E-state index >= 15 is 0 Å². The predicted octanol–water partition coefficient (Wildman–Crippen LogP) is 1.63. The van der Waals surface area contributed by atoms with Crippen LogP contribution in [0.1, 0.15) is 38.5 Å². The molecule has 3 nitrogen and oxygen atoms in total. The fourth-order valence-corrected chi connectivity index (χ4v) is 3.21. The molecule has 3 heteroatoms. The van der Waals surface area contributed by atoms with Crippen LogP contribution in [0.2, 0.25) is 0 Å². The minimum absolute atomic E-state index is 0.175. The van der Waals surface area contributed by atoms with Crippen molar-refractivity contribution in [3.63, 3.8) is 0 Å². The Morgan fingerprint density at radius 3 is 2.69 bits per heavy atom. The van der Waals surface area contributed by atoms with Crippen molar-refractivity contribution in [1.82, 2.24) is 10.2 Å². The highest BCUT2D eigenvalue weighted by Gasteiger charge is 2.33. The van der Waals surface area contributed by atoms with E-state index in [1.165, 1.54) is 45.1 Å². The maximum absolute atomic E-state index is 5.82. The summed E-state index contributed by atoms with van der Waals surface area (Å²) in [6.07, 6.45) is 7.67. The Morgan fingerprint density at radius 1 is 1.38 bits per heavy atom. The highest BCUT2D eigenvalue weighted by Crippen LogP contribution is 2.30. The molecule has 1 N–H and O–H groups in total. The lowest BCUT2D eigenvalue weighted by Crippen LogP contribution is -2.44. The van der Waals surface area contributed by atoms with Gasteiger partial charge in [-0.15, -0.1) is 0 Å². The Labute approximate surface area is 99.5 Å². The predicted molar refractivity (Wildman–Crippen MR) is 66.7 cm³/mol. The minimum Gasteiger partial charge on any atom is -0.378 e. The molecule has 2 rings (SSSR count). The molecule has 2 heterocycles. The fourth-order valence-electron chi connectivity index (χ4n) is 3.21. The first kappa shape index (κ1) is 12.3. The van der Waals surface area contributed by atoms with Gasteiger partial charge >= 0.3 is 0 Å². The third kappa shape index (κ3) is 2.76. The molecule has 0 aromatic heterocycles. The lowest BCUT2D eigenvalue weighted by atomic mass is 9.86. The first-order valence-corrected chi connectivity index (χ1v) is 6.72. The third-order valence-corrected chi connectivity index (χ3v) is 4.55. The van der Waals surface area contributed by atoms with Crippen molar-refractivity contribution in [2.45, 2.75) is 50.2 Å². The van der Waals surface area contributed by atoms with Gasteiger partial charge in [-0.2, -0.15) is 0 Å². The average molecular weight is 226 g/mol. The van der Waals surface area contributed by atoms with Crippen LogP contribution in [0, 0.1) is 0 Å². The quantitative estimate of drug-likeness (QED) is 0.788. The second-order valence-electron chi connectivity index (χ2n) is 5.45. The lowest BCUT2D eigenvalue weighted by molar-refractivity contribution is -0.0446. The van der Waals surface area contributed by atoms with Crippen molar-refractivity contribution in [3.05, 3.63) is 0 Å². The lowest BCUT2D eigenvalue weighted by Gasteiger charge is -2.37. The Balaban J connectivity index is 1.82. The van der Waals surface area contributed by atoms with E-state index < -0.39 is 0 Å². The molecule has 0 saturated carbocycles. The summed E-state index contributed by atoms with van der Waals surface area (Å²) in [5.74, 6) is 0. The van der Waals surface area contributed by atoms with Gasteiger partial charge in [0.1, 0.15) is 0 Å². The summed E-state index contributed by atoms with van der Waals surface area (Å²) in [5, 5.41) is 3.42. The van der Waals surface area contributed by atoms with Crippen molar-refractivity contribution in [3.8, 4) is 0 Å². The number of rotatable bonds is 4. The third-order valence-electron chi connectivity index (χ3n) is 4.55. The number of ether oxygens (including phenoxy) is 1. The molecule has 0 aromatic rings. The Morgan fingerprint density at radius 2 is 2.12 bits per heavy atom. The monoisotopic (exact) mass is 226 g/mol. The second kappa shape index (κ2) is 5.48. The van der Waals surface area contributed by atoms with Crippen LogP contribution >= 0.6 is 0 Å². The summed E-state index contributed by atoms with van der Waals surface area (Å²) >= 11 is 0. The highest BCUT2D eigenvalue weighted by molar-refractivity contribution is 4.88. The summed E-state index contributed by atoms with van der Waals surface area (Å²) < 4.78 is 5.82. The van der Waals surface area contributed by atoms with Crippen LogP contribution in [0.3, 0.4) is 0 Å². The maximum Gasteiger partial charge on any atom is 0.0703 e. The Hall–Kier alpha value is -0.120. The van der Waals surface area contributed by atoms with Gasteiger partial charge in [0.15, 0.2) is 0 Å². The van der Waals surface area contributed by atoms with E-state index in [1.807, 2.05) is 7.11 Å². The normalized spacial score (nSPS) is 30.8. The summed E-state index contributed by atoms with van der Waals surface area (Å²) in [7, 11) is 4.16. The van der Waals surface area contributed by atoms with E-state index in [1.54, 1.807) is 0 Å². The van der Waals surface area contributed by atoms with Gasteiger partial charge in [0.25, 0.3) is 0 Å². The highest BCUT2D eigenvalue weighted by atomic mass is 16.5. The van der Waals surface area contributed by atoms with Crippen LogP contribution in [-0.4, -0.2) is 50.3 Å². The summed E-state index contributed by atoms with van der Waals surface area (Å²) in [6, 6.07) is 0.807. The molecule has 0 bridgehead atoms. The van der Waals surface area contributed by atoms with Gasteiger partial charge in [0.2, 0.25) is 0 Å². The number of likely N-dealkylation sites (tertiary alicyclic amines) is 1. The number of piperidine rings is 1. The average Bonchev–Trinajstić information content (AvgIpc) is 2.74. The molecule has 16 heavy (non-hydrogen) atoms. The standard InChI is InChI=1S/C13H26N2O/c1-15-11-3-4-12(15)5-6-13(16-2)7-9-14-10-8-13/h12,14H,3-11H2,1-2H3. The van der Waals surface area contributed by atoms with Gasteiger partial charge in [-0.25, -0.2) is 0 Å². The zero-order chi connectivity index (χ0) is 11.4. The van der Waals surface area contributed by atoms with Gasteiger partial charge in [-0.1, -0.05) is 0 Å². The second-order valence-corrected chi connectivity index (χ2v) is 5.45. The molecule has 94 valence electrons. The van der Waals surface area contributed by atoms with Crippen molar-refractivity contribution in [2.75, 3.05) is 33.8 Å². The number of hydrogen-bond donors (Lipinski definition) is 1. The number of nitrogens with zero attached hydrogens (tertiary/aromatic N) is 1. The van der Waals surface area contributed by atoms with Crippen LogP contribution in [-0.2, 0) is 4.74 Å². The summed E-state index contributed by atoms with van der Waals surface area (Å²) in [5.41, 5.74) is 0.175. The van der Waals surface area contributed by atoms with E-state index in [0.717, 1.165) is 19.1 Å². The molecular formula is C13H26N2O. The number of nitrogens with one attached hydrogen (secondary N) is 1. The first-order valence-electron chi connectivity index (χ1n) is 6.72. The van der Waals surface area contributed by atoms with E-state index in [4.69, 9.17) is 4.74 Å². The smallest absolute Gasteiger partial charge is 0.0703 e. The molecule has 0 spiro atoms. The summed E-state index contributed by atoms with van der Waals surface area (Å²) in [6.45, 7) is 3.52. The van der Waals surface area contributed by atoms with Crippen molar-refractivity contribution >= 4 is 0 Å². The fraction of sp³-hybridized carbons (Fsp3) is 1.00. The van der Waals surface area contributed by atoms with Crippen LogP contribution in [0.25, 0.3) is 0 Å². The zero-order valence-electron chi connectivity index (χ0n) is 10.8. The van der Waals surface area contributed by atoms with Gasteiger partial charge in [-0.3, -0.25) is 0 Å². The SMILES string of the molecule is COC1(CCC2CCCN2C)CCNCC1. The van der Waals surface area contributed by atoms with Crippen LogP contribution in [0.15, 0.2) is 0 Å². The largest absolute Gasteiger partial charge is 0.378 e. The maximum atomic E-state index is 5.82. The van der Waals surface area contributed by atoms with E-state index in [-0.39, 0.29) is 5.60 Å². The van der Waals surface area contributed by atoms with Crippen LogP contribution in [0.5, 0.6) is 0 Å². The molecule has 0 radical (unpaired) electrons. The van der Waals surface area contributed by atoms with Gasteiger partial charge in [0.05, 0.1) is 5.60 Å². The van der Waals surface area contributed by atoms with Gasteiger partial charge < -0.3 is 15.0 Å². The van der Waals surface area contributed by atoms with Crippen LogP contribution in [0.4, 0.5) is 0 Å². The topological polar surface area (TPSA) is 24.5 Å². The van der Waals surface area contributed by atoms with E-state index in [0.29, 0.717) is 0 Å². The van der Waals surface area contributed by atoms with Gasteiger partial charge in [0, 0.05) is 13.2 Å². The Kier molecular flexibility index (Phi) is 4.22.